The number of anilines is 2. The highest BCUT2D eigenvalue weighted by Crippen LogP contribution is 2.31. The number of hydrogen-bond acceptors (Lipinski definition) is 3. The third kappa shape index (κ3) is 3.57. The standard InChI is InChI=1S/C18H19BrN2O3S/c1-3-18(22)21-9-8-13-11-15(5-7-17(13)21)25(23,24)20-16-6-4-14(19)10-12(16)2/h4-7,10-11,20H,3,8-9H2,1-2H3. The van der Waals surface area contributed by atoms with Crippen molar-refractivity contribution in [3.05, 3.63) is 52.0 Å². The van der Waals surface area contributed by atoms with Crippen molar-refractivity contribution in [1.29, 1.82) is 0 Å². The molecule has 1 amide bonds. The van der Waals surface area contributed by atoms with Crippen LogP contribution < -0.4 is 9.62 Å². The van der Waals surface area contributed by atoms with Crippen molar-refractivity contribution in [2.75, 3.05) is 16.2 Å². The summed E-state index contributed by atoms with van der Waals surface area (Å²) < 4.78 is 28.9. The molecule has 3 rings (SSSR count). The van der Waals surface area contributed by atoms with E-state index in [9.17, 15) is 13.2 Å². The van der Waals surface area contributed by atoms with Crippen molar-refractivity contribution in [2.45, 2.75) is 31.6 Å². The zero-order valence-corrected chi connectivity index (χ0v) is 16.4. The summed E-state index contributed by atoms with van der Waals surface area (Å²) in [6.07, 6.45) is 1.10. The first kappa shape index (κ1) is 17.9. The third-order valence-electron chi connectivity index (χ3n) is 4.29. The van der Waals surface area contributed by atoms with E-state index >= 15 is 0 Å². The number of hydrogen-bond donors (Lipinski definition) is 1. The van der Waals surface area contributed by atoms with E-state index in [1.54, 1.807) is 35.2 Å². The second-order valence-corrected chi connectivity index (χ2v) is 8.60. The predicted molar refractivity (Wildman–Crippen MR) is 102 cm³/mol. The Kier molecular flexibility index (Phi) is 4.88. The number of sulfonamides is 1. The molecule has 1 aliphatic rings. The van der Waals surface area contributed by atoms with Crippen LogP contribution in [0.5, 0.6) is 0 Å². The molecular weight excluding hydrogens is 404 g/mol. The van der Waals surface area contributed by atoms with Crippen LogP contribution in [-0.4, -0.2) is 20.9 Å². The van der Waals surface area contributed by atoms with Crippen LogP contribution in [0.2, 0.25) is 0 Å². The molecule has 0 unspecified atom stereocenters. The van der Waals surface area contributed by atoms with Gasteiger partial charge in [0, 0.05) is 23.1 Å². The molecule has 25 heavy (non-hydrogen) atoms. The van der Waals surface area contributed by atoms with E-state index in [4.69, 9.17) is 0 Å². The molecule has 1 N–H and O–H groups in total. The number of carbonyl (C=O) groups is 1. The summed E-state index contributed by atoms with van der Waals surface area (Å²) >= 11 is 3.37. The number of rotatable bonds is 4. The number of carbonyl (C=O) groups excluding carboxylic acids is 1. The Morgan fingerprint density at radius 3 is 2.68 bits per heavy atom. The normalized spacial score (nSPS) is 13.6. The van der Waals surface area contributed by atoms with Crippen LogP contribution in [0.3, 0.4) is 0 Å². The highest BCUT2D eigenvalue weighted by atomic mass is 79.9. The van der Waals surface area contributed by atoms with E-state index < -0.39 is 10.0 Å². The van der Waals surface area contributed by atoms with Crippen molar-refractivity contribution in [3.63, 3.8) is 0 Å². The van der Waals surface area contributed by atoms with Crippen LogP contribution in [0, 0.1) is 6.92 Å². The molecule has 132 valence electrons. The molecule has 0 saturated heterocycles. The van der Waals surface area contributed by atoms with Gasteiger partial charge >= 0.3 is 0 Å². The first-order valence-corrected chi connectivity index (χ1v) is 10.3. The molecule has 0 saturated carbocycles. The van der Waals surface area contributed by atoms with Crippen LogP contribution in [0.25, 0.3) is 0 Å². The summed E-state index contributed by atoms with van der Waals surface area (Å²) in [5, 5.41) is 0. The van der Waals surface area contributed by atoms with Crippen molar-refractivity contribution in [3.8, 4) is 0 Å². The fraction of sp³-hybridized carbons (Fsp3) is 0.278. The van der Waals surface area contributed by atoms with E-state index in [1.807, 2.05) is 19.9 Å². The van der Waals surface area contributed by atoms with E-state index in [-0.39, 0.29) is 10.8 Å². The van der Waals surface area contributed by atoms with Crippen LogP contribution in [0.15, 0.2) is 45.8 Å². The van der Waals surface area contributed by atoms with E-state index in [1.165, 1.54) is 0 Å². The number of fused-ring (bicyclic) bond motifs is 1. The Balaban J connectivity index is 1.90. The van der Waals surface area contributed by atoms with Gasteiger partial charge in [-0.15, -0.1) is 0 Å². The van der Waals surface area contributed by atoms with Crippen LogP contribution in [-0.2, 0) is 21.2 Å². The molecule has 0 aliphatic carbocycles. The summed E-state index contributed by atoms with van der Waals surface area (Å²) in [4.78, 5) is 13.9. The minimum Gasteiger partial charge on any atom is -0.312 e. The average molecular weight is 423 g/mol. The minimum absolute atomic E-state index is 0.0537. The number of nitrogens with zero attached hydrogens (tertiary/aromatic N) is 1. The zero-order valence-electron chi connectivity index (χ0n) is 14.0. The van der Waals surface area contributed by atoms with Gasteiger partial charge in [-0.2, -0.15) is 0 Å². The monoisotopic (exact) mass is 422 g/mol. The van der Waals surface area contributed by atoms with Gasteiger partial charge in [0.1, 0.15) is 0 Å². The van der Waals surface area contributed by atoms with E-state index in [0.717, 1.165) is 21.3 Å². The maximum Gasteiger partial charge on any atom is 0.261 e. The molecular formula is C18H19BrN2O3S. The third-order valence-corrected chi connectivity index (χ3v) is 6.15. The molecule has 0 atom stereocenters. The Morgan fingerprint density at radius 2 is 2.00 bits per heavy atom. The largest absolute Gasteiger partial charge is 0.312 e. The lowest BCUT2D eigenvalue weighted by atomic mass is 10.2. The molecule has 1 aliphatic heterocycles. The number of amides is 1. The Labute approximate surface area is 156 Å². The highest BCUT2D eigenvalue weighted by Gasteiger charge is 2.26. The van der Waals surface area contributed by atoms with Crippen LogP contribution in [0.1, 0.15) is 24.5 Å². The van der Waals surface area contributed by atoms with Crippen molar-refractivity contribution >= 4 is 43.2 Å². The van der Waals surface area contributed by atoms with Gasteiger partial charge in [-0.1, -0.05) is 22.9 Å². The zero-order chi connectivity index (χ0) is 18.2. The molecule has 2 aromatic carbocycles. The van der Waals surface area contributed by atoms with Crippen molar-refractivity contribution < 1.29 is 13.2 Å². The molecule has 2 aromatic rings. The first-order chi connectivity index (χ1) is 11.8. The molecule has 0 radical (unpaired) electrons. The minimum atomic E-state index is -3.68. The van der Waals surface area contributed by atoms with Gasteiger partial charge in [0.2, 0.25) is 5.91 Å². The van der Waals surface area contributed by atoms with Gasteiger partial charge in [-0.05, 0) is 60.9 Å². The smallest absolute Gasteiger partial charge is 0.261 e. The molecule has 0 fully saturated rings. The molecule has 0 bridgehead atoms. The lowest BCUT2D eigenvalue weighted by molar-refractivity contribution is -0.118. The topological polar surface area (TPSA) is 66.5 Å². The Hall–Kier alpha value is -1.86. The maximum absolute atomic E-state index is 12.7. The summed E-state index contributed by atoms with van der Waals surface area (Å²) in [5.74, 6) is 0.0537. The molecule has 0 aromatic heterocycles. The fourth-order valence-electron chi connectivity index (χ4n) is 2.94. The molecule has 7 heteroatoms. The number of aryl methyl sites for hydroxylation is 1. The molecule has 0 spiro atoms. The van der Waals surface area contributed by atoms with Gasteiger partial charge in [0.05, 0.1) is 10.6 Å². The van der Waals surface area contributed by atoms with Crippen molar-refractivity contribution in [2.24, 2.45) is 0 Å². The van der Waals surface area contributed by atoms with Gasteiger partial charge < -0.3 is 4.90 Å². The maximum atomic E-state index is 12.7. The average Bonchev–Trinajstić information content (AvgIpc) is 3.00. The van der Waals surface area contributed by atoms with Crippen molar-refractivity contribution in [1.82, 2.24) is 0 Å². The fourth-order valence-corrected chi connectivity index (χ4v) is 4.60. The second-order valence-electron chi connectivity index (χ2n) is 6.00. The van der Waals surface area contributed by atoms with Crippen LogP contribution in [0.4, 0.5) is 11.4 Å². The number of benzene rings is 2. The highest BCUT2D eigenvalue weighted by molar-refractivity contribution is 9.10. The number of halogens is 1. The Morgan fingerprint density at radius 1 is 1.24 bits per heavy atom. The van der Waals surface area contributed by atoms with E-state index in [2.05, 4.69) is 20.7 Å². The lowest BCUT2D eigenvalue weighted by Crippen LogP contribution is -2.27. The predicted octanol–water partition coefficient (Wildman–Crippen LogP) is 3.86. The number of nitrogens with one attached hydrogen (secondary N) is 1. The van der Waals surface area contributed by atoms with Gasteiger partial charge in [-0.3, -0.25) is 9.52 Å². The molecule has 5 nitrogen and oxygen atoms in total. The van der Waals surface area contributed by atoms with Gasteiger partial charge in [0.15, 0.2) is 0 Å². The van der Waals surface area contributed by atoms with E-state index in [0.29, 0.717) is 25.1 Å². The van der Waals surface area contributed by atoms with Gasteiger partial charge in [0.25, 0.3) is 10.0 Å². The summed E-state index contributed by atoms with van der Waals surface area (Å²) in [6.45, 7) is 4.27. The summed E-state index contributed by atoms with van der Waals surface area (Å²) in [6, 6.07) is 10.3. The summed E-state index contributed by atoms with van der Waals surface area (Å²) in [7, 11) is -3.68. The Bertz CT molecular complexity index is 941. The molecule has 1 heterocycles. The van der Waals surface area contributed by atoms with Gasteiger partial charge in [-0.25, -0.2) is 8.42 Å². The second kappa shape index (κ2) is 6.80. The SMILES string of the molecule is CCC(=O)N1CCc2cc(S(=O)(=O)Nc3ccc(Br)cc3C)ccc21. The van der Waals surface area contributed by atoms with Crippen LogP contribution >= 0.6 is 15.9 Å². The lowest BCUT2D eigenvalue weighted by Gasteiger charge is -2.17. The quantitative estimate of drug-likeness (QED) is 0.812. The first-order valence-electron chi connectivity index (χ1n) is 8.04. The summed E-state index contributed by atoms with van der Waals surface area (Å²) in [5.41, 5.74) is 3.08.